The first kappa shape index (κ1) is 39.1. The normalized spacial score (nSPS) is 25.9. The lowest BCUT2D eigenvalue weighted by molar-refractivity contribution is -0.145. The zero-order chi connectivity index (χ0) is 37.6. The maximum absolute atomic E-state index is 15.2. The first-order chi connectivity index (χ1) is 25.1. The molecule has 2 aromatic rings. The van der Waals surface area contributed by atoms with Crippen LogP contribution in [0.2, 0.25) is 0 Å². The molecule has 10 heteroatoms. The molecule has 6 atom stereocenters. The van der Waals surface area contributed by atoms with Gasteiger partial charge in [0.2, 0.25) is 11.8 Å². The fourth-order valence-electron chi connectivity index (χ4n) is 8.92. The molecule has 3 aliphatic rings. The summed E-state index contributed by atoms with van der Waals surface area (Å²) in [4.78, 5) is 52.3. The van der Waals surface area contributed by atoms with Crippen molar-refractivity contribution in [2.24, 2.45) is 17.8 Å². The Morgan fingerprint density at radius 3 is 2.02 bits per heavy atom. The third-order valence-corrected chi connectivity index (χ3v) is 11.5. The maximum atomic E-state index is 15.2. The van der Waals surface area contributed by atoms with Crippen LogP contribution in [0.15, 0.2) is 73.8 Å². The van der Waals surface area contributed by atoms with E-state index in [2.05, 4.69) is 38.8 Å². The summed E-state index contributed by atoms with van der Waals surface area (Å²) in [6.45, 7) is 21.3. The molecule has 0 radical (unpaired) electrons. The van der Waals surface area contributed by atoms with E-state index >= 15 is 4.79 Å². The average Bonchev–Trinajstić information content (AvgIpc) is 3.66. The van der Waals surface area contributed by atoms with Crippen molar-refractivity contribution in [2.45, 2.75) is 84.0 Å². The van der Waals surface area contributed by atoms with Crippen LogP contribution in [0.1, 0.15) is 66.7 Å². The minimum atomic E-state index is -1.19. The summed E-state index contributed by atoms with van der Waals surface area (Å²) in [5.74, 6) is -1.71. The summed E-state index contributed by atoms with van der Waals surface area (Å²) in [6.07, 6.45) is 6.83. The minimum absolute atomic E-state index is 0.0996. The number of amides is 3. The first-order valence-electron chi connectivity index (χ1n) is 19.1. The Morgan fingerprint density at radius 2 is 1.46 bits per heavy atom. The number of unbranched alkanes of at least 4 members (excludes halogenated alkanes) is 3. The van der Waals surface area contributed by atoms with Crippen LogP contribution in [0, 0.1) is 17.8 Å². The summed E-state index contributed by atoms with van der Waals surface area (Å²) in [5.41, 5.74) is 0.292. The molecule has 2 aromatic carbocycles. The molecular weight excluding hydrogens is 656 g/mol. The number of benzene rings is 2. The Balaban J connectivity index is 1.56. The van der Waals surface area contributed by atoms with E-state index in [9.17, 15) is 14.7 Å². The molecule has 3 aliphatic heterocycles. The molecule has 282 valence electrons. The molecule has 3 unspecified atom stereocenters. The van der Waals surface area contributed by atoms with E-state index in [1.165, 1.54) is 0 Å². The highest BCUT2D eigenvalue weighted by molar-refractivity contribution is 6.07. The number of carbonyl (C=O) groups is 3. The van der Waals surface area contributed by atoms with Crippen LogP contribution in [-0.2, 0) is 19.1 Å². The third kappa shape index (κ3) is 6.99. The van der Waals surface area contributed by atoms with Crippen LogP contribution in [0.4, 0.5) is 17.1 Å². The minimum Gasteiger partial charge on any atom is -0.494 e. The molecule has 0 saturated carbocycles. The van der Waals surface area contributed by atoms with Crippen LogP contribution in [-0.4, -0.2) is 90.9 Å². The molecule has 5 rings (SSSR count). The number of rotatable bonds is 19. The Bertz CT molecular complexity index is 1580. The van der Waals surface area contributed by atoms with E-state index < -0.39 is 29.1 Å². The number of anilines is 3. The standard InChI is InChI=1S/C42H58N4O6/c1-8-25-44(33-21-23-34(24-22-33)51-12-5)38(48)35-36-39(49)46(27-15-13-14-16-28-47)37(42(36)29-30(6)41(35,7)52-42)40(50)45(26-9-2)32-19-17-31(18-20-32)43(10-3)11-4/h8-9,17-24,30,35-37,47H,1-2,10-16,25-29H2,3-7H3/t30?,35-,36-,37?,41+,42?/m0/s1. The Hall–Kier alpha value is -4.15. The molecule has 2 bridgehead atoms. The van der Waals surface area contributed by atoms with Crippen molar-refractivity contribution in [3.63, 3.8) is 0 Å². The number of carbonyl (C=O) groups excluding carboxylic acids is 3. The van der Waals surface area contributed by atoms with Crippen LogP contribution >= 0.6 is 0 Å². The highest BCUT2D eigenvalue weighted by atomic mass is 16.5. The third-order valence-electron chi connectivity index (χ3n) is 11.5. The summed E-state index contributed by atoms with van der Waals surface area (Å²) in [7, 11) is 0. The lowest BCUT2D eigenvalue weighted by Crippen LogP contribution is -2.57. The number of ether oxygens (including phenoxy) is 2. The number of nitrogens with zero attached hydrogens (tertiary/aromatic N) is 4. The van der Waals surface area contributed by atoms with Crippen LogP contribution in [0.3, 0.4) is 0 Å². The van der Waals surface area contributed by atoms with E-state index in [4.69, 9.17) is 9.47 Å². The SMILES string of the molecule is C=CCN(C(=O)C1N(CCCCCCO)C(=O)[C@@H]2[C@@H](C(=O)N(CC=C)c3ccc(OCC)cc3)[C@]3(C)OC12CC3C)c1ccc(N(CC)CC)cc1. The van der Waals surface area contributed by atoms with Crippen molar-refractivity contribution in [2.75, 3.05) is 60.6 Å². The van der Waals surface area contributed by atoms with E-state index in [-0.39, 0.29) is 43.3 Å². The second-order valence-electron chi connectivity index (χ2n) is 14.5. The Labute approximate surface area is 310 Å². The average molecular weight is 715 g/mol. The van der Waals surface area contributed by atoms with E-state index in [0.717, 1.165) is 31.6 Å². The summed E-state index contributed by atoms with van der Waals surface area (Å²) in [6, 6.07) is 14.4. The number of fused-ring (bicyclic) bond motifs is 1. The molecular formula is C42H58N4O6. The topological polar surface area (TPSA) is 103 Å². The van der Waals surface area contributed by atoms with Gasteiger partial charge in [-0.05, 0) is 101 Å². The van der Waals surface area contributed by atoms with Crippen molar-refractivity contribution in [3.05, 3.63) is 73.8 Å². The fourth-order valence-corrected chi connectivity index (χ4v) is 8.92. The highest BCUT2D eigenvalue weighted by Gasteiger charge is 2.80. The number of likely N-dealkylation sites (tertiary alicyclic amines) is 1. The Morgan fingerprint density at radius 1 is 0.904 bits per heavy atom. The molecule has 0 aliphatic carbocycles. The zero-order valence-corrected chi connectivity index (χ0v) is 31.8. The predicted molar refractivity (Wildman–Crippen MR) is 207 cm³/mol. The van der Waals surface area contributed by atoms with E-state index in [1.807, 2.05) is 62.4 Å². The van der Waals surface area contributed by atoms with Crippen molar-refractivity contribution >= 4 is 34.8 Å². The molecule has 3 fully saturated rings. The van der Waals surface area contributed by atoms with E-state index in [1.54, 1.807) is 26.9 Å². The van der Waals surface area contributed by atoms with Gasteiger partial charge in [-0.2, -0.15) is 0 Å². The van der Waals surface area contributed by atoms with Gasteiger partial charge in [-0.15, -0.1) is 13.2 Å². The van der Waals surface area contributed by atoms with Gasteiger partial charge in [0.15, 0.2) is 0 Å². The largest absolute Gasteiger partial charge is 0.494 e. The summed E-state index contributed by atoms with van der Waals surface area (Å²) in [5, 5.41) is 9.35. The second-order valence-corrected chi connectivity index (χ2v) is 14.5. The van der Waals surface area contributed by atoms with Crippen LogP contribution < -0.4 is 19.4 Å². The molecule has 1 spiro atoms. The number of hydrogen-bond acceptors (Lipinski definition) is 7. The van der Waals surface area contributed by atoms with Gasteiger partial charge < -0.3 is 34.2 Å². The van der Waals surface area contributed by atoms with Gasteiger partial charge in [-0.25, -0.2) is 0 Å². The van der Waals surface area contributed by atoms with Gasteiger partial charge in [0.1, 0.15) is 17.4 Å². The Kier molecular flexibility index (Phi) is 12.5. The maximum Gasteiger partial charge on any atom is 0.253 e. The lowest BCUT2D eigenvalue weighted by atomic mass is 9.62. The zero-order valence-electron chi connectivity index (χ0n) is 31.8. The highest BCUT2D eigenvalue weighted by Crippen LogP contribution is 2.65. The van der Waals surface area contributed by atoms with Crippen molar-refractivity contribution in [1.82, 2.24) is 4.90 Å². The smallest absolute Gasteiger partial charge is 0.253 e. The van der Waals surface area contributed by atoms with Gasteiger partial charge in [-0.3, -0.25) is 14.4 Å². The fraction of sp³-hybridized carbons (Fsp3) is 0.548. The lowest BCUT2D eigenvalue weighted by Gasteiger charge is -2.39. The van der Waals surface area contributed by atoms with Crippen LogP contribution in [0.5, 0.6) is 5.75 Å². The quantitative estimate of drug-likeness (QED) is 0.136. The molecule has 0 aromatic heterocycles. The predicted octanol–water partition coefficient (Wildman–Crippen LogP) is 6.23. The number of aliphatic hydroxyl groups excluding tert-OH is 1. The monoisotopic (exact) mass is 714 g/mol. The molecule has 3 saturated heterocycles. The first-order valence-corrected chi connectivity index (χ1v) is 19.1. The summed E-state index contributed by atoms with van der Waals surface area (Å²) < 4.78 is 12.7. The molecule has 1 N–H and O–H groups in total. The number of aliphatic hydroxyl groups is 1. The van der Waals surface area contributed by atoms with Gasteiger partial charge >= 0.3 is 0 Å². The van der Waals surface area contributed by atoms with Crippen molar-refractivity contribution < 1.29 is 29.0 Å². The molecule has 3 amide bonds. The van der Waals surface area contributed by atoms with Gasteiger partial charge in [0.25, 0.3) is 5.91 Å². The van der Waals surface area contributed by atoms with Crippen LogP contribution in [0.25, 0.3) is 0 Å². The molecule has 3 heterocycles. The summed E-state index contributed by atoms with van der Waals surface area (Å²) >= 11 is 0. The van der Waals surface area contributed by atoms with Gasteiger partial charge in [0, 0.05) is 56.4 Å². The van der Waals surface area contributed by atoms with Crippen molar-refractivity contribution in [3.8, 4) is 5.75 Å². The number of hydrogen-bond donors (Lipinski definition) is 1. The second kappa shape index (κ2) is 16.7. The van der Waals surface area contributed by atoms with Gasteiger partial charge in [0.05, 0.1) is 24.0 Å². The molecule has 10 nitrogen and oxygen atoms in total. The van der Waals surface area contributed by atoms with Gasteiger partial charge in [-0.1, -0.05) is 31.9 Å². The van der Waals surface area contributed by atoms with E-state index in [0.29, 0.717) is 49.5 Å². The molecule has 52 heavy (non-hydrogen) atoms. The van der Waals surface area contributed by atoms with Crippen molar-refractivity contribution in [1.29, 1.82) is 0 Å².